The summed E-state index contributed by atoms with van der Waals surface area (Å²) in [7, 11) is 1.57. The van der Waals surface area contributed by atoms with E-state index in [2.05, 4.69) is 10.3 Å². The Kier molecular flexibility index (Phi) is 6.36. The van der Waals surface area contributed by atoms with Gasteiger partial charge in [0.1, 0.15) is 6.61 Å². The Bertz CT molecular complexity index is 702. The number of hydrogen-bond acceptors (Lipinski definition) is 5. The fourth-order valence-corrected chi connectivity index (χ4v) is 2.42. The summed E-state index contributed by atoms with van der Waals surface area (Å²) >= 11 is 0. The number of amides is 1. The zero-order chi connectivity index (χ0) is 18.3. The Morgan fingerprint density at radius 3 is 2.76 bits per heavy atom. The highest BCUT2D eigenvalue weighted by molar-refractivity contribution is 5.97. The van der Waals surface area contributed by atoms with Gasteiger partial charge in [-0.15, -0.1) is 0 Å². The van der Waals surface area contributed by atoms with Crippen LogP contribution in [0.25, 0.3) is 0 Å². The fraction of sp³-hybridized carbons (Fsp3) is 0.368. The van der Waals surface area contributed by atoms with E-state index < -0.39 is 5.54 Å². The maximum Gasteiger partial charge on any atom is 0.244 e. The summed E-state index contributed by atoms with van der Waals surface area (Å²) in [5, 5.41) is 2.85. The lowest BCUT2D eigenvalue weighted by atomic mass is 9.96. The largest absolute Gasteiger partial charge is 0.493 e. The molecule has 2 rings (SSSR count). The van der Waals surface area contributed by atoms with Crippen molar-refractivity contribution in [3.05, 3.63) is 48.3 Å². The lowest BCUT2D eigenvalue weighted by Crippen LogP contribution is -2.48. The molecule has 0 bridgehead atoms. The quantitative estimate of drug-likeness (QED) is 0.769. The standard InChI is InChI=1S/C19H25N3O3/c1-4-9-19(2,20)18(23)22-15-7-8-16(24-3)17(11-15)25-13-14-6-5-10-21-12-14/h5-8,10-12H,4,9,13,20H2,1-3H3,(H,22,23). The number of benzene rings is 1. The Morgan fingerprint density at radius 2 is 2.12 bits per heavy atom. The molecule has 0 aliphatic heterocycles. The Labute approximate surface area is 148 Å². The summed E-state index contributed by atoms with van der Waals surface area (Å²) in [5.41, 5.74) is 6.71. The zero-order valence-electron chi connectivity index (χ0n) is 14.9. The lowest BCUT2D eigenvalue weighted by molar-refractivity contribution is -0.120. The van der Waals surface area contributed by atoms with Crippen LogP contribution in [0, 0.1) is 0 Å². The van der Waals surface area contributed by atoms with Crippen LogP contribution >= 0.6 is 0 Å². The molecule has 3 N–H and O–H groups in total. The molecule has 0 radical (unpaired) electrons. The maximum atomic E-state index is 12.4. The number of ether oxygens (including phenoxy) is 2. The van der Waals surface area contributed by atoms with Crippen LogP contribution < -0.4 is 20.5 Å². The second kappa shape index (κ2) is 8.48. The number of nitrogens with zero attached hydrogens (tertiary/aromatic N) is 1. The summed E-state index contributed by atoms with van der Waals surface area (Å²) in [6.07, 6.45) is 4.89. The SMILES string of the molecule is CCCC(C)(N)C(=O)Nc1ccc(OC)c(OCc2cccnc2)c1. The van der Waals surface area contributed by atoms with Crippen LogP contribution in [-0.2, 0) is 11.4 Å². The molecule has 0 aliphatic carbocycles. The minimum atomic E-state index is -0.911. The molecule has 1 atom stereocenters. The van der Waals surface area contributed by atoms with E-state index in [9.17, 15) is 4.79 Å². The monoisotopic (exact) mass is 343 g/mol. The number of rotatable bonds is 8. The van der Waals surface area contributed by atoms with Crippen molar-refractivity contribution in [2.24, 2.45) is 5.73 Å². The van der Waals surface area contributed by atoms with Crippen LogP contribution in [0.3, 0.4) is 0 Å². The van der Waals surface area contributed by atoms with Gasteiger partial charge >= 0.3 is 0 Å². The average molecular weight is 343 g/mol. The third-order valence-corrected chi connectivity index (χ3v) is 3.83. The van der Waals surface area contributed by atoms with Gasteiger partial charge in [0.2, 0.25) is 5.91 Å². The third kappa shape index (κ3) is 5.19. The molecule has 0 saturated carbocycles. The van der Waals surface area contributed by atoms with Crippen LogP contribution in [0.15, 0.2) is 42.7 Å². The summed E-state index contributed by atoms with van der Waals surface area (Å²) < 4.78 is 11.1. The van der Waals surface area contributed by atoms with Crippen molar-refractivity contribution in [1.29, 1.82) is 0 Å². The molecule has 0 aliphatic rings. The van der Waals surface area contributed by atoms with Gasteiger partial charge in [-0.1, -0.05) is 19.4 Å². The Balaban J connectivity index is 2.12. The number of aromatic nitrogens is 1. The van der Waals surface area contributed by atoms with Crippen molar-refractivity contribution < 1.29 is 14.3 Å². The Morgan fingerprint density at radius 1 is 1.32 bits per heavy atom. The van der Waals surface area contributed by atoms with Gasteiger partial charge in [-0.25, -0.2) is 0 Å². The first-order valence-corrected chi connectivity index (χ1v) is 8.26. The van der Waals surface area contributed by atoms with E-state index in [1.807, 2.05) is 19.1 Å². The van der Waals surface area contributed by atoms with Gasteiger partial charge in [0.25, 0.3) is 0 Å². The molecule has 0 fully saturated rings. The second-order valence-electron chi connectivity index (χ2n) is 6.14. The van der Waals surface area contributed by atoms with E-state index in [0.29, 0.717) is 30.2 Å². The number of anilines is 1. The lowest BCUT2D eigenvalue weighted by Gasteiger charge is -2.23. The van der Waals surface area contributed by atoms with Crippen LogP contribution in [0.2, 0.25) is 0 Å². The predicted octanol–water partition coefficient (Wildman–Crippen LogP) is 3.13. The molecule has 6 nitrogen and oxygen atoms in total. The summed E-state index contributed by atoms with van der Waals surface area (Å²) in [4.78, 5) is 16.4. The topological polar surface area (TPSA) is 86.5 Å². The van der Waals surface area contributed by atoms with Gasteiger partial charge in [0.15, 0.2) is 11.5 Å². The normalized spacial score (nSPS) is 13.0. The van der Waals surface area contributed by atoms with Crippen molar-refractivity contribution >= 4 is 11.6 Å². The molecule has 1 unspecified atom stereocenters. The molecule has 0 saturated heterocycles. The van der Waals surface area contributed by atoms with Crippen LogP contribution in [0.5, 0.6) is 11.5 Å². The molecule has 134 valence electrons. The number of pyridine rings is 1. The van der Waals surface area contributed by atoms with Gasteiger partial charge in [-0.3, -0.25) is 9.78 Å². The van der Waals surface area contributed by atoms with Gasteiger partial charge in [-0.2, -0.15) is 0 Å². The molecule has 1 aromatic heterocycles. The number of carbonyl (C=O) groups is 1. The summed E-state index contributed by atoms with van der Waals surface area (Å²) in [5.74, 6) is 0.905. The molecule has 25 heavy (non-hydrogen) atoms. The summed E-state index contributed by atoms with van der Waals surface area (Å²) in [6, 6.07) is 9.02. The first-order chi connectivity index (χ1) is 12.0. The molecule has 2 aromatic rings. The van der Waals surface area contributed by atoms with Crippen molar-refractivity contribution in [3.63, 3.8) is 0 Å². The highest BCUT2D eigenvalue weighted by atomic mass is 16.5. The molecule has 1 heterocycles. The predicted molar refractivity (Wildman–Crippen MR) is 97.7 cm³/mol. The number of nitrogens with one attached hydrogen (secondary N) is 1. The van der Waals surface area contributed by atoms with Crippen molar-refractivity contribution in [3.8, 4) is 11.5 Å². The zero-order valence-corrected chi connectivity index (χ0v) is 14.9. The van der Waals surface area contributed by atoms with Gasteiger partial charge in [0, 0.05) is 29.7 Å². The van der Waals surface area contributed by atoms with E-state index in [1.54, 1.807) is 44.6 Å². The fourth-order valence-electron chi connectivity index (χ4n) is 2.42. The minimum Gasteiger partial charge on any atom is -0.493 e. The van der Waals surface area contributed by atoms with Crippen molar-refractivity contribution in [2.75, 3.05) is 12.4 Å². The Hall–Kier alpha value is -2.60. The molecule has 1 amide bonds. The van der Waals surface area contributed by atoms with Crippen LogP contribution in [-0.4, -0.2) is 23.5 Å². The van der Waals surface area contributed by atoms with E-state index in [0.717, 1.165) is 12.0 Å². The van der Waals surface area contributed by atoms with Crippen molar-refractivity contribution in [1.82, 2.24) is 4.98 Å². The van der Waals surface area contributed by atoms with E-state index in [4.69, 9.17) is 15.2 Å². The second-order valence-corrected chi connectivity index (χ2v) is 6.14. The van der Waals surface area contributed by atoms with Gasteiger partial charge < -0.3 is 20.5 Å². The molecular weight excluding hydrogens is 318 g/mol. The third-order valence-electron chi connectivity index (χ3n) is 3.83. The van der Waals surface area contributed by atoms with Gasteiger partial charge in [-0.05, 0) is 31.5 Å². The minimum absolute atomic E-state index is 0.224. The first-order valence-electron chi connectivity index (χ1n) is 8.26. The van der Waals surface area contributed by atoms with Gasteiger partial charge in [0.05, 0.1) is 12.6 Å². The number of nitrogens with two attached hydrogens (primary N) is 1. The van der Waals surface area contributed by atoms with E-state index >= 15 is 0 Å². The highest BCUT2D eigenvalue weighted by Gasteiger charge is 2.27. The number of carbonyl (C=O) groups excluding carboxylic acids is 1. The highest BCUT2D eigenvalue weighted by Crippen LogP contribution is 2.31. The number of methoxy groups -OCH3 is 1. The molecule has 6 heteroatoms. The molecule has 1 aromatic carbocycles. The van der Waals surface area contributed by atoms with Crippen LogP contribution in [0.1, 0.15) is 32.3 Å². The van der Waals surface area contributed by atoms with Crippen LogP contribution in [0.4, 0.5) is 5.69 Å². The first kappa shape index (κ1) is 18.7. The van der Waals surface area contributed by atoms with E-state index in [-0.39, 0.29) is 5.91 Å². The number of hydrogen-bond donors (Lipinski definition) is 2. The maximum absolute atomic E-state index is 12.4. The average Bonchev–Trinajstić information content (AvgIpc) is 2.61. The smallest absolute Gasteiger partial charge is 0.244 e. The molecular formula is C19H25N3O3. The van der Waals surface area contributed by atoms with Crippen molar-refractivity contribution in [2.45, 2.75) is 38.8 Å². The summed E-state index contributed by atoms with van der Waals surface area (Å²) in [6.45, 7) is 4.08. The van der Waals surface area contributed by atoms with E-state index in [1.165, 1.54) is 0 Å². The molecule has 0 spiro atoms.